The number of hydrogen-bond donors (Lipinski definition) is 0. The van der Waals surface area contributed by atoms with Gasteiger partial charge in [0.25, 0.3) is 0 Å². The van der Waals surface area contributed by atoms with E-state index in [0.717, 1.165) is 55.3 Å². The Balaban J connectivity index is 0.994. The highest BCUT2D eigenvalue weighted by atomic mass is 15.0. The van der Waals surface area contributed by atoms with E-state index >= 15 is 0 Å². The fourth-order valence-electron chi connectivity index (χ4n) is 10.2. The van der Waals surface area contributed by atoms with Crippen LogP contribution in [0, 0.1) is 0 Å². The molecule has 65 heavy (non-hydrogen) atoms. The molecule has 0 radical (unpaired) electrons. The summed E-state index contributed by atoms with van der Waals surface area (Å²) >= 11 is 0. The van der Waals surface area contributed by atoms with E-state index in [9.17, 15) is 0 Å². The van der Waals surface area contributed by atoms with Crippen molar-refractivity contribution < 1.29 is 0 Å². The van der Waals surface area contributed by atoms with Crippen LogP contribution in [0.5, 0.6) is 0 Å². The molecule has 3 nitrogen and oxygen atoms in total. The van der Waals surface area contributed by atoms with E-state index in [1.54, 1.807) is 0 Å². The first-order chi connectivity index (χ1) is 32.2. The van der Waals surface area contributed by atoms with E-state index in [1.807, 2.05) is 0 Å². The van der Waals surface area contributed by atoms with Gasteiger partial charge < -0.3 is 4.57 Å². The lowest BCUT2D eigenvalue weighted by Crippen LogP contribution is -1.98. The molecule has 2 heterocycles. The second-order valence-corrected chi connectivity index (χ2v) is 16.9. The van der Waals surface area contributed by atoms with Gasteiger partial charge in [-0.1, -0.05) is 206 Å². The molecule has 0 bridgehead atoms. The maximum atomic E-state index is 5.46. The molecule has 13 rings (SSSR count). The number of para-hydroxylation sites is 1. The summed E-state index contributed by atoms with van der Waals surface area (Å²) in [7, 11) is 0. The van der Waals surface area contributed by atoms with E-state index in [1.165, 1.54) is 65.6 Å². The summed E-state index contributed by atoms with van der Waals surface area (Å²) in [4.78, 5) is 10.7. The first-order valence-corrected chi connectivity index (χ1v) is 22.2. The summed E-state index contributed by atoms with van der Waals surface area (Å²) in [5.74, 6) is 0.701. The Bertz CT molecular complexity index is 3980. The zero-order chi connectivity index (χ0) is 42.8. The molecule has 0 atom stereocenters. The normalized spacial score (nSPS) is 11.7. The molecular weight excluding hydrogens is 787 g/mol. The van der Waals surface area contributed by atoms with Gasteiger partial charge in [0.05, 0.1) is 27.9 Å². The first-order valence-electron chi connectivity index (χ1n) is 22.2. The first kappa shape index (κ1) is 36.9. The van der Waals surface area contributed by atoms with Gasteiger partial charge in [0.15, 0.2) is 5.82 Å². The zero-order valence-corrected chi connectivity index (χ0v) is 35.4. The van der Waals surface area contributed by atoms with Crippen LogP contribution in [-0.2, 0) is 0 Å². The lowest BCUT2D eigenvalue weighted by Gasteiger charge is -2.15. The van der Waals surface area contributed by atoms with E-state index in [4.69, 9.17) is 9.97 Å². The van der Waals surface area contributed by atoms with Crippen LogP contribution in [-0.4, -0.2) is 14.5 Å². The Morgan fingerprint density at radius 1 is 0.292 bits per heavy atom. The molecule has 2 aromatic heterocycles. The van der Waals surface area contributed by atoms with Crippen LogP contribution in [0.3, 0.4) is 0 Å². The molecule has 13 aromatic rings. The SMILES string of the molecule is c1ccc(-c2ccc(-c3cccc(-c4nc(-c5cccc6c(-n7c8ccc9ccccc9c8c8c9cccc(-c%10ccccc%10)c9ccc87)cccc56)nc5ccccc45)c3)cc2)cc1. The highest BCUT2D eigenvalue weighted by Crippen LogP contribution is 2.44. The number of hydrogen-bond acceptors (Lipinski definition) is 2. The molecule has 0 fully saturated rings. The van der Waals surface area contributed by atoms with Gasteiger partial charge in [-0.2, -0.15) is 0 Å². The van der Waals surface area contributed by atoms with Crippen LogP contribution in [0.1, 0.15) is 0 Å². The smallest absolute Gasteiger partial charge is 0.161 e. The Hall–Kier alpha value is -8.66. The van der Waals surface area contributed by atoms with E-state index in [0.29, 0.717) is 5.82 Å². The van der Waals surface area contributed by atoms with E-state index in [2.05, 4.69) is 241 Å². The predicted octanol–water partition coefficient (Wildman–Crippen LogP) is 16.5. The van der Waals surface area contributed by atoms with Gasteiger partial charge in [-0.15, -0.1) is 0 Å². The van der Waals surface area contributed by atoms with E-state index in [-0.39, 0.29) is 0 Å². The molecule has 0 saturated carbocycles. The molecule has 11 aromatic carbocycles. The van der Waals surface area contributed by atoms with Crippen molar-refractivity contribution in [2.45, 2.75) is 0 Å². The van der Waals surface area contributed by atoms with Crippen LogP contribution < -0.4 is 0 Å². The van der Waals surface area contributed by atoms with Crippen molar-refractivity contribution >= 4 is 65.0 Å². The standard InChI is InChI=1S/C62H39N3/c1-3-15-40(16-4-1)41-31-33-42(34-32-41)45-20-11-21-46(39-45)61-54-23-9-10-29-55(54)63-62(64-61)53-28-13-26-51-49(53)25-14-30-56(51)65-57-37-35-44-19-7-8-22-48(44)59(57)60-52-27-12-24-47(43-17-5-2-6-18-43)50(52)36-38-58(60)65/h1-39H. The van der Waals surface area contributed by atoms with Crippen molar-refractivity contribution in [3.8, 4) is 61.7 Å². The minimum Gasteiger partial charge on any atom is -0.309 e. The van der Waals surface area contributed by atoms with E-state index < -0.39 is 0 Å². The van der Waals surface area contributed by atoms with Gasteiger partial charge in [-0.3, -0.25) is 0 Å². The summed E-state index contributed by atoms with van der Waals surface area (Å²) in [6.07, 6.45) is 0. The summed E-state index contributed by atoms with van der Waals surface area (Å²) in [6.45, 7) is 0. The van der Waals surface area contributed by atoms with Gasteiger partial charge in [0.1, 0.15) is 0 Å². The fraction of sp³-hybridized carbons (Fsp3) is 0. The second kappa shape index (κ2) is 15.0. The van der Waals surface area contributed by atoms with Crippen molar-refractivity contribution in [3.05, 3.63) is 237 Å². The van der Waals surface area contributed by atoms with Gasteiger partial charge in [-0.05, 0) is 90.6 Å². The van der Waals surface area contributed by atoms with Crippen LogP contribution in [0.4, 0.5) is 0 Å². The lowest BCUT2D eigenvalue weighted by molar-refractivity contribution is 1.20. The molecule has 0 amide bonds. The van der Waals surface area contributed by atoms with Crippen molar-refractivity contribution in [1.29, 1.82) is 0 Å². The molecule has 0 saturated heterocycles. The van der Waals surface area contributed by atoms with Gasteiger partial charge in [0.2, 0.25) is 0 Å². The Morgan fingerprint density at radius 2 is 0.831 bits per heavy atom. The maximum absolute atomic E-state index is 5.46. The van der Waals surface area contributed by atoms with Crippen LogP contribution >= 0.6 is 0 Å². The fourth-order valence-corrected chi connectivity index (χ4v) is 10.2. The lowest BCUT2D eigenvalue weighted by atomic mass is 9.94. The third-order valence-corrected chi connectivity index (χ3v) is 13.2. The molecule has 302 valence electrons. The monoisotopic (exact) mass is 825 g/mol. The van der Waals surface area contributed by atoms with Crippen LogP contribution in [0.2, 0.25) is 0 Å². The number of rotatable bonds is 6. The summed E-state index contributed by atoms with van der Waals surface area (Å²) in [5, 5.41) is 10.7. The third kappa shape index (κ3) is 6.05. The molecule has 3 heteroatoms. The average molecular weight is 826 g/mol. The zero-order valence-electron chi connectivity index (χ0n) is 35.4. The molecule has 0 spiro atoms. The average Bonchev–Trinajstić information content (AvgIpc) is 3.73. The topological polar surface area (TPSA) is 30.7 Å². The largest absolute Gasteiger partial charge is 0.309 e. The molecule has 0 aliphatic heterocycles. The van der Waals surface area contributed by atoms with Crippen molar-refractivity contribution in [2.24, 2.45) is 0 Å². The summed E-state index contributed by atoms with van der Waals surface area (Å²) in [5.41, 5.74) is 14.5. The minimum atomic E-state index is 0.701. The number of fused-ring (bicyclic) bond motifs is 9. The molecule has 0 aliphatic carbocycles. The number of benzene rings is 11. The Morgan fingerprint density at radius 3 is 1.65 bits per heavy atom. The van der Waals surface area contributed by atoms with Gasteiger partial charge in [-0.25, -0.2) is 9.97 Å². The quantitative estimate of drug-likeness (QED) is 0.167. The Labute approximate surface area is 376 Å². The van der Waals surface area contributed by atoms with Crippen molar-refractivity contribution in [1.82, 2.24) is 14.5 Å². The van der Waals surface area contributed by atoms with Gasteiger partial charge in [0, 0.05) is 32.7 Å². The predicted molar refractivity (Wildman–Crippen MR) is 274 cm³/mol. The molecule has 0 aliphatic rings. The molecule has 0 N–H and O–H groups in total. The third-order valence-electron chi connectivity index (χ3n) is 13.2. The summed E-state index contributed by atoms with van der Waals surface area (Å²) in [6, 6.07) is 85.2. The van der Waals surface area contributed by atoms with Gasteiger partial charge >= 0.3 is 0 Å². The highest BCUT2D eigenvalue weighted by molar-refractivity contribution is 6.30. The summed E-state index contributed by atoms with van der Waals surface area (Å²) < 4.78 is 2.47. The highest BCUT2D eigenvalue weighted by Gasteiger charge is 2.21. The molecular formula is C62H39N3. The number of aromatic nitrogens is 3. The second-order valence-electron chi connectivity index (χ2n) is 16.9. The number of nitrogens with zero attached hydrogens (tertiary/aromatic N) is 3. The van der Waals surface area contributed by atoms with Crippen molar-refractivity contribution in [3.63, 3.8) is 0 Å². The Kier molecular flexibility index (Phi) is 8.53. The maximum Gasteiger partial charge on any atom is 0.161 e. The van der Waals surface area contributed by atoms with Crippen LogP contribution in [0.15, 0.2) is 237 Å². The minimum absolute atomic E-state index is 0.701. The molecule has 0 unspecified atom stereocenters. The van der Waals surface area contributed by atoms with Crippen LogP contribution in [0.25, 0.3) is 127 Å². The van der Waals surface area contributed by atoms with Crippen molar-refractivity contribution in [2.75, 3.05) is 0 Å².